The van der Waals surface area contributed by atoms with Crippen LogP contribution in [0.25, 0.3) is 0 Å². The maximum atomic E-state index is 13.0. The van der Waals surface area contributed by atoms with Gasteiger partial charge in [0.15, 0.2) is 5.82 Å². The number of aromatic nitrogens is 1. The van der Waals surface area contributed by atoms with Gasteiger partial charge in [0.25, 0.3) is 5.95 Å². The summed E-state index contributed by atoms with van der Waals surface area (Å²) in [5.74, 6) is -4.20. The van der Waals surface area contributed by atoms with E-state index < -0.39 is 22.7 Å². The Hall–Kier alpha value is -0.770. The third-order valence-corrected chi connectivity index (χ3v) is 1.97. The van der Waals surface area contributed by atoms with Crippen LogP contribution >= 0.6 is 11.6 Å². The molecule has 0 bridgehead atoms. The van der Waals surface area contributed by atoms with Crippen molar-refractivity contribution in [1.29, 1.82) is 0 Å². The molecule has 0 fully saturated rings. The first-order valence-electron chi connectivity index (χ1n) is 3.65. The van der Waals surface area contributed by atoms with Gasteiger partial charge >= 0.3 is 0 Å². The Labute approximate surface area is 78.5 Å². The van der Waals surface area contributed by atoms with Crippen molar-refractivity contribution < 1.29 is 13.2 Å². The van der Waals surface area contributed by atoms with Crippen LogP contribution in [-0.2, 0) is 0 Å². The van der Waals surface area contributed by atoms with Gasteiger partial charge < -0.3 is 0 Å². The maximum absolute atomic E-state index is 13.0. The van der Waals surface area contributed by atoms with Gasteiger partial charge in [-0.1, -0.05) is 25.4 Å². The van der Waals surface area contributed by atoms with Gasteiger partial charge in [0.05, 0.1) is 0 Å². The first kappa shape index (κ1) is 10.3. The third-order valence-electron chi connectivity index (χ3n) is 1.61. The Morgan fingerprint density at radius 1 is 1.15 bits per heavy atom. The van der Waals surface area contributed by atoms with E-state index in [0.717, 1.165) is 0 Å². The van der Waals surface area contributed by atoms with Crippen LogP contribution in [0.1, 0.15) is 25.3 Å². The van der Waals surface area contributed by atoms with Gasteiger partial charge in [-0.05, 0) is 5.92 Å². The second-order valence-corrected chi connectivity index (χ2v) is 3.27. The zero-order chi connectivity index (χ0) is 10.2. The largest absolute Gasteiger partial charge is 0.251 e. The van der Waals surface area contributed by atoms with Crippen molar-refractivity contribution in [2.45, 2.75) is 19.8 Å². The number of nitrogens with zero attached hydrogens (tertiary/aromatic N) is 1. The molecule has 0 saturated carbocycles. The molecule has 1 aromatic rings. The van der Waals surface area contributed by atoms with Gasteiger partial charge in [-0.3, -0.25) is 0 Å². The average molecular weight is 210 g/mol. The highest BCUT2D eigenvalue weighted by molar-refractivity contribution is 6.31. The highest BCUT2D eigenvalue weighted by Crippen LogP contribution is 2.29. The highest BCUT2D eigenvalue weighted by atomic mass is 35.5. The SMILES string of the molecule is CC(C)c1c(F)c(F)nc(F)c1Cl. The van der Waals surface area contributed by atoms with Crippen molar-refractivity contribution in [3.8, 4) is 0 Å². The van der Waals surface area contributed by atoms with Crippen LogP contribution in [0.15, 0.2) is 0 Å². The minimum Gasteiger partial charge on any atom is -0.202 e. The Morgan fingerprint density at radius 3 is 2.15 bits per heavy atom. The summed E-state index contributed by atoms with van der Waals surface area (Å²) in [6.07, 6.45) is 0. The van der Waals surface area contributed by atoms with Crippen LogP contribution in [0.3, 0.4) is 0 Å². The van der Waals surface area contributed by atoms with E-state index in [0.29, 0.717) is 0 Å². The fraction of sp³-hybridized carbons (Fsp3) is 0.375. The van der Waals surface area contributed by atoms with Crippen LogP contribution in [0, 0.1) is 17.7 Å². The summed E-state index contributed by atoms with van der Waals surface area (Å²) in [6, 6.07) is 0. The molecule has 0 aliphatic carbocycles. The molecule has 0 spiro atoms. The van der Waals surface area contributed by atoms with E-state index in [-0.39, 0.29) is 11.5 Å². The topological polar surface area (TPSA) is 12.9 Å². The van der Waals surface area contributed by atoms with Crippen molar-refractivity contribution >= 4 is 11.6 Å². The van der Waals surface area contributed by atoms with Crippen molar-refractivity contribution in [2.24, 2.45) is 0 Å². The van der Waals surface area contributed by atoms with Crippen LogP contribution in [0.2, 0.25) is 5.02 Å². The Balaban J connectivity index is 3.46. The summed E-state index contributed by atoms with van der Waals surface area (Å²) in [5.41, 5.74) is -0.174. The third kappa shape index (κ3) is 1.77. The predicted molar refractivity (Wildman–Crippen MR) is 43.2 cm³/mol. The molecule has 0 aromatic carbocycles. The summed E-state index contributed by atoms with van der Waals surface area (Å²) >= 11 is 5.42. The molecule has 0 amide bonds. The minimum absolute atomic E-state index is 0.174. The first-order chi connectivity index (χ1) is 5.95. The molecule has 1 aromatic heterocycles. The Morgan fingerprint density at radius 2 is 1.69 bits per heavy atom. The molecule has 1 heterocycles. The van der Waals surface area contributed by atoms with E-state index >= 15 is 0 Å². The lowest BCUT2D eigenvalue weighted by atomic mass is 10.0. The molecule has 1 rings (SSSR count). The molecular weight excluding hydrogens is 203 g/mol. The first-order valence-corrected chi connectivity index (χ1v) is 4.02. The number of pyridine rings is 1. The van der Waals surface area contributed by atoms with Crippen LogP contribution < -0.4 is 0 Å². The second kappa shape index (κ2) is 3.54. The lowest BCUT2D eigenvalue weighted by Gasteiger charge is -2.09. The molecule has 0 aliphatic rings. The van der Waals surface area contributed by atoms with Crippen molar-refractivity contribution in [3.63, 3.8) is 0 Å². The maximum Gasteiger partial charge on any atom is 0.251 e. The number of hydrogen-bond donors (Lipinski definition) is 0. The van der Waals surface area contributed by atoms with E-state index in [9.17, 15) is 13.2 Å². The lowest BCUT2D eigenvalue weighted by molar-refractivity contribution is 0.436. The van der Waals surface area contributed by atoms with Crippen molar-refractivity contribution in [3.05, 3.63) is 28.3 Å². The van der Waals surface area contributed by atoms with E-state index in [4.69, 9.17) is 11.6 Å². The molecule has 0 unspecified atom stereocenters. The average Bonchev–Trinajstić information content (AvgIpc) is 2.01. The number of rotatable bonds is 1. The van der Waals surface area contributed by atoms with Crippen LogP contribution in [-0.4, -0.2) is 4.98 Å². The molecule has 1 nitrogen and oxygen atoms in total. The molecule has 0 aliphatic heterocycles. The van der Waals surface area contributed by atoms with E-state index in [1.54, 1.807) is 13.8 Å². The highest BCUT2D eigenvalue weighted by Gasteiger charge is 2.20. The lowest BCUT2D eigenvalue weighted by Crippen LogP contribution is -2.04. The molecule has 13 heavy (non-hydrogen) atoms. The molecular formula is C8H7ClF3N. The van der Waals surface area contributed by atoms with E-state index in [2.05, 4.69) is 4.98 Å². The second-order valence-electron chi connectivity index (χ2n) is 2.89. The molecule has 0 radical (unpaired) electrons. The van der Waals surface area contributed by atoms with Gasteiger partial charge in [-0.2, -0.15) is 13.8 Å². The van der Waals surface area contributed by atoms with Crippen molar-refractivity contribution in [1.82, 2.24) is 4.98 Å². The molecule has 0 N–H and O–H groups in total. The van der Waals surface area contributed by atoms with Crippen LogP contribution in [0.5, 0.6) is 0 Å². The van der Waals surface area contributed by atoms with E-state index in [1.807, 2.05) is 0 Å². The summed E-state index contributed by atoms with van der Waals surface area (Å²) in [6.45, 7) is 3.17. The molecule has 0 saturated heterocycles. The fourth-order valence-corrected chi connectivity index (χ4v) is 1.35. The zero-order valence-electron chi connectivity index (χ0n) is 7.04. The van der Waals surface area contributed by atoms with Gasteiger partial charge in [0, 0.05) is 5.56 Å². The van der Waals surface area contributed by atoms with Gasteiger partial charge in [0.1, 0.15) is 5.02 Å². The van der Waals surface area contributed by atoms with Crippen molar-refractivity contribution in [2.75, 3.05) is 0 Å². The van der Waals surface area contributed by atoms with Gasteiger partial charge in [-0.25, -0.2) is 4.39 Å². The summed E-state index contributed by atoms with van der Waals surface area (Å²) in [4.78, 5) is 2.68. The standard InChI is InChI=1S/C8H7ClF3N/c1-3(2)4-5(9)7(11)13-8(12)6(4)10/h3H,1-2H3. The normalized spacial score (nSPS) is 11.0. The minimum atomic E-state index is -1.45. The Kier molecular flexibility index (Phi) is 2.81. The molecule has 72 valence electrons. The molecule has 0 atom stereocenters. The molecule has 5 heteroatoms. The van der Waals surface area contributed by atoms with Crippen LogP contribution in [0.4, 0.5) is 13.2 Å². The summed E-state index contributed by atoms with van der Waals surface area (Å²) < 4.78 is 38.3. The van der Waals surface area contributed by atoms with E-state index in [1.165, 1.54) is 0 Å². The number of halogens is 4. The predicted octanol–water partition coefficient (Wildman–Crippen LogP) is 3.28. The van der Waals surface area contributed by atoms with Gasteiger partial charge in [0.2, 0.25) is 5.95 Å². The Bertz CT molecular complexity index is 312. The zero-order valence-corrected chi connectivity index (χ0v) is 7.79. The summed E-state index contributed by atoms with van der Waals surface area (Å²) in [7, 11) is 0. The quantitative estimate of drug-likeness (QED) is 0.647. The monoisotopic (exact) mass is 209 g/mol. The van der Waals surface area contributed by atoms with Gasteiger partial charge in [-0.15, -0.1) is 0 Å². The summed E-state index contributed by atoms with van der Waals surface area (Å²) in [5, 5.41) is -0.450. The number of hydrogen-bond acceptors (Lipinski definition) is 1. The smallest absolute Gasteiger partial charge is 0.202 e. The fourth-order valence-electron chi connectivity index (χ4n) is 1.01.